The molecule has 0 aromatic heterocycles. The summed E-state index contributed by atoms with van der Waals surface area (Å²) < 4.78 is 0. The molecule has 0 rings (SSSR count). The van der Waals surface area contributed by atoms with E-state index < -0.39 is 23.9 Å². The van der Waals surface area contributed by atoms with Crippen LogP contribution in [0.2, 0.25) is 0 Å². The third kappa shape index (κ3) is 8.30. The number of rotatable bonds is 9. The van der Waals surface area contributed by atoms with Crippen LogP contribution in [-0.4, -0.2) is 59.6 Å². The van der Waals surface area contributed by atoms with E-state index in [0.29, 0.717) is 6.54 Å². The molecular weight excluding hydrogens is 270 g/mol. The highest BCUT2D eigenvalue weighted by Crippen LogP contribution is 2.01. The van der Waals surface area contributed by atoms with Crippen molar-refractivity contribution < 1.29 is 19.5 Å². The smallest absolute Gasteiger partial charge is 0.326 e. The Balaban J connectivity index is 4.22. The molecule has 19 heavy (non-hydrogen) atoms. The van der Waals surface area contributed by atoms with Gasteiger partial charge in [-0.25, -0.2) is 9.59 Å². The van der Waals surface area contributed by atoms with E-state index >= 15 is 0 Å². The molecule has 0 aromatic rings. The number of amides is 3. The molecule has 0 saturated carbocycles. The molecule has 4 N–H and O–H groups in total. The van der Waals surface area contributed by atoms with Gasteiger partial charge in [0.15, 0.2) is 0 Å². The predicted octanol–water partition coefficient (Wildman–Crippen LogP) is 0.0996. The third-order valence-electron chi connectivity index (χ3n) is 2.46. The molecule has 0 heterocycles. The summed E-state index contributed by atoms with van der Waals surface area (Å²) in [6, 6.07) is -1.55. The average Bonchev–Trinajstić information content (AvgIpc) is 2.33. The minimum atomic E-state index is -1.17. The van der Waals surface area contributed by atoms with E-state index in [1.165, 1.54) is 4.90 Å². The molecule has 3 amide bonds. The second-order valence-corrected chi connectivity index (χ2v) is 5.10. The van der Waals surface area contributed by atoms with Crippen LogP contribution in [0.15, 0.2) is 0 Å². The number of primary amides is 1. The Labute approximate surface area is 116 Å². The number of aliphatic carboxylic acids is 1. The van der Waals surface area contributed by atoms with Crippen molar-refractivity contribution >= 4 is 29.7 Å². The van der Waals surface area contributed by atoms with Crippen molar-refractivity contribution in [2.24, 2.45) is 5.73 Å². The number of nitrogens with one attached hydrogen (secondary N) is 1. The lowest BCUT2D eigenvalue weighted by Crippen LogP contribution is -2.47. The van der Waals surface area contributed by atoms with Gasteiger partial charge in [-0.15, -0.1) is 0 Å². The number of hydrogen-bond acceptors (Lipinski definition) is 4. The maximum atomic E-state index is 11.7. The fourth-order valence-corrected chi connectivity index (χ4v) is 1.77. The van der Waals surface area contributed by atoms with Crippen molar-refractivity contribution in [1.29, 1.82) is 0 Å². The Morgan fingerprint density at radius 2 is 2.05 bits per heavy atom. The zero-order chi connectivity index (χ0) is 14.8. The Kier molecular flexibility index (Phi) is 8.77. The molecule has 0 bridgehead atoms. The van der Waals surface area contributed by atoms with Crippen LogP contribution >= 0.6 is 11.8 Å². The van der Waals surface area contributed by atoms with Crippen LogP contribution in [0.3, 0.4) is 0 Å². The molecule has 0 radical (unpaired) electrons. The standard InChI is InChI=1S/C11H21N3O4S/c1-14(6-3-7-19-2)11(18)13-8(10(16)17)4-5-9(12)15/h8H,3-7H2,1-2H3,(H2,12,15)(H,13,18)(H,16,17)/t8-/m0/s1. The van der Waals surface area contributed by atoms with Crippen molar-refractivity contribution in [2.75, 3.05) is 25.6 Å². The third-order valence-corrected chi connectivity index (χ3v) is 3.16. The van der Waals surface area contributed by atoms with Crippen LogP contribution in [0, 0.1) is 0 Å². The number of nitrogens with two attached hydrogens (primary N) is 1. The second-order valence-electron chi connectivity index (χ2n) is 4.11. The lowest BCUT2D eigenvalue weighted by molar-refractivity contribution is -0.139. The topological polar surface area (TPSA) is 113 Å². The maximum Gasteiger partial charge on any atom is 0.326 e. The van der Waals surface area contributed by atoms with Gasteiger partial charge in [0.25, 0.3) is 0 Å². The molecule has 110 valence electrons. The van der Waals surface area contributed by atoms with Crippen LogP contribution in [0.1, 0.15) is 19.3 Å². The quantitative estimate of drug-likeness (QED) is 0.521. The van der Waals surface area contributed by atoms with Gasteiger partial charge in [-0.05, 0) is 24.9 Å². The lowest BCUT2D eigenvalue weighted by atomic mass is 10.1. The summed E-state index contributed by atoms with van der Waals surface area (Å²) in [7, 11) is 1.60. The number of carboxylic acids is 1. The summed E-state index contributed by atoms with van der Waals surface area (Å²) in [5.74, 6) is -0.831. The van der Waals surface area contributed by atoms with E-state index in [2.05, 4.69) is 5.32 Å². The normalized spacial score (nSPS) is 11.7. The summed E-state index contributed by atoms with van der Waals surface area (Å²) in [6.45, 7) is 0.550. The summed E-state index contributed by atoms with van der Waals surface area (Å²) in [5, 5.41) is 11.3. The average molecular weight is 291 g/mol. The molecule has 0 spiro atoms. The SMILES string of the molecule is CSCCCN(C)C(=O)N[C@@H](CCC(N)=O)C(=O)O. The highest BCUT2D eigenvalue weighted by molar-refractivity contribution is 7.98. The first kappa shape index (κ1) is 17.6. The van der Waals surface area contributed by atoms with Gasteiger partial charge in [0, 0.05) is 20.0 Å². The Morgan fingerprint density at radius 3 is 2.53 bits per heavy atom. The molecule has 0 aliphatic carbocycles. The molecule has 0 aliphatic rings. The number of carbonyl (C=O) groups is 3. The Hall–Kier alpha value is -1.44. The first-order chi connectivity index (χ1) is 8.88. The zero-order valence-corrected chi connectivity index (χ0v) is 12.0. The van der Waals surface area contributed by atoms with Gasteiger partial charge in [0.2, 0.25) is 5.91 Å². The van der Waals surface area contributed by atoms with Crippen LogP contribution in [-0.2, 0) is 9.59 Å². The highest BCUT2D eigenvalue weighted by Gasteiger charge is 2.21. The van der Waals surface area contributed by atoms with Crippen LogP contribution in [0.4, 0.5) is 4.79 Å². The van der Waals surface area contributed by atoms with Crippen molar-refractivity contribution in [1.82, 2.24) is 10.2 Å². The van der Waals surface area contributed by atoms with Gasteiger partial charge in [-0.1, -0.05) is 0 Å². The van der Waals surface area contributed by atoms with E-state index in [-0.39, 0.29) is 12.8 Å². The highest BCUT2D eigenvalue weighted by atomic mass is 32.2. The molecule has 0 saturated heterocycles. The molecular formula is C11H21N3O4S. The monoisotopic (exact) mass is 291 g/mol. The van der Waals surface area contributed by atoms with Crippen LogP contribution < -0.4 is 11.1 Å². The van der Waals surface area contributed by atoms with E-state index in [0.717, 1.165) is 12.2 Å². The molecule has 1 atom stereocenters. The number of urea groups is 1. The molecule has 0 unspecified atom stereocenters. The van der Waals surface area contributed by atoms with Crippen molar-refractivity contribution in [3.63, 3.8) is 0 Å². The molecule has 7 nitrogen and oxygen atoms in total. The minimum Gasteiger partial charge on any atom is -0.480 e. The molecule has 0 aliphatic heterocycles. The van der Waals surface area contributed by atoms with Gasteiger partial charge in [-0.2, -0.15) is 11.8 Å². The van der Waals surface area contributed by atoms with E-state index in [1.807, 2.05) is 6.26 Å². The first-order valence-corrected chi connectivity index (χ1v) is 7.29. The second kappa shape index (κ2) is 9.48. The van der Waals surface area contributed by atoms with Gasteiger partial charge in [-0.3, -0.25) is 4.79 Å². The van der Waals surface area contributed by atoms with E-state index in [1.54, 1.807) is 18.8 Å². The summed E-state index contributed by atoms with van der Waals surface area (Å²) >= 11 is 1.68. The Bertz CT molecular complexity index is 325. The van der Waals surface area contributed by atoms with E-state index in [4.69, 9.17) is 10.8 Å². The summed E-state index contributed by atoms with van der Waals surface area (Å²) in [4.78, 5) is 34.7. The van der Waals surface area contributed by atoms with Crippen LogP contribution in [0.25, 0.3) is 0 Å². The van der Waals surface area contributed by atoms with Gasteiger partial charge >= 0.3 is 12.0 Å². The minimum absolute atomic E-state index is 0.00490. The number of carbonyl (C=O) groups excluding carboxylic acids is 2. The van der Waals surface area contributed by atoms with Crippen molar-refractivity contribution in [2.45, 2.75) is 25.3 Å². The van der Waals surface area contributed by atoms with Crippen molar-refractivity contribution in [3.05, 3.63) is 0 Å². The fraction of sp³-hybridized carbons (Fsp3) is 0.727. The molecule has 0 fully saturated rings. The zero-order valence-electron chi connectivity index (χ0n) is 11.2. The lowest BCUT2D eigenvalue weighted by Gasteiger charge is -2.21. The van der Waals surface area contributed by atoms with Gasteiger partial charge in [0.1, 0.15) is 6.04 Å². The predicted molar refractivity (Wildman–Crippen MR) is 74.0 cm³/mol. The first-order valence-electron chi connectivity index (χ1n) is 5.90. The molecule has 8 heteroatoms. The summed E-state index contributed by atoms with van der Waals surface area (Å²) in [5.41, 5.74) is 4.96. The Morgan fingerprint density at radius 1 is 1.42 bits per heavy atom. The number of nitrogens with zero attached hydrogens (tertiary/aromatic N) is 1. The molecule has 0 aromatic carbocycles. The number of carboxylic acid groups (broad SMARTS) is 1. The van der Waals surface area contributed by atoms with Gasteiger partial charge < -0.3 is 21.1 Å². The van der Waals surface area contributed by atoms with Gasteiger partial charge in [0.05, 0.1) is 0 Å². The van der Waals surface area contributed by atoms with Crippen molar-refractivity contribution in [3.8, 4) is 0 Å². The van der Waals surface area contributed by atoms with Crippen LogP contribution in [0.5, 0.6) is 0 Å². The fourth-order valence-electron chi connectivity index (χ4n) is 1.35. The number of hydrogen-bond donors (Lipinski definition) is 3. The number of thioether (sulfide) groups is 1. The van der Waals surface area contributed by atoms with E-state index in [9.17, 15) is 14.4 Å². The summed E-state index contributed by atoms with van der Waals surface area (Å²) in [6.07, 6.45) is 2.73. The maximum absolute atomic E-state index is 11.7. The largest absolute Gasteiger partial charge is 0.480 e.